The highest BCUT2D eigenvalue weighted by molar-refractivity contribution is 7.99. The van der Waals surface area contributed by atoms with Gasteiger partial charge in [-0.15, -0.1) is 15.9 Å². The number of allylic oxidation sites excluding steroid dienone is 4. The third kappa shape index (κ3) is 4.83. The van der Waals surface area contributed by atoms with Gasteiger partial charge in [-0.3, -0.25) is 4.40 Å². The molecule has 31 heavy (non-hydrogen) atoms. The van der Waals surface area contributed by atoms with Crippen LogP contribution in [-0.4, -0.2) is 26.3 Å². The van der Waals surface area contributed by atoms with Crippen molar-refractivity contribution in [1.29, 1.82) is 0 Å². The van der Waals surface area contributed by atoms with Gasteiger partial charge in [-0.25, -0.2) is 0 Å². The molecule has 0 unspecified atom stereocenters. The van der Waals surface area contributed by atoms with E-state index in [1.54, 1.807) is 11.8 Å². The van der Waals surface area contributed by atoms with E-state index >= 15 is 0 Å². The molecule has 0 atom stereocenters. The van der Waals surface area contributed by atoms with Gasteiger partial charge >= 0.3 is 0 Å². The van der Waals surface area contributed by atoms with Gasteiger partial charge in [-0.1, -0.05) is 36.0 Å². The summed E-state index contributed by atoms with van der Waals surface area (Å²) in [5.41, 5.74) is 7.01. The Kier molecular flexibility index (Phi) is 6.73. The van der Waals surface area contributed by atoms with Gasteiger partial charge in [-0.05, 0) is 68.2 Å². The number of nitrogens with zero attached hydrogens (tertiary/aromatic N) is 3. The second-order valence-electron chi connectivity index (χ2n) is 7.18. The summed E-state index contributed by atoms with van der Waals surface area (Å²) in [6.45, 7) is 4.63. The first kappa shape index (κ1) is 21.2. The molecule has 5 nitrogen and oxygen atoms in total. The van der Waals surface area contributed by atoms with E-state index in [0.29, 0.717) is 12.4 Å². The van der Waals surface area contributed by atoms with Crippen LogP contribution >= 0.6 is 11.8 Å². The Morgan fingerprint density at radius 1 is 1.13 bits per heavy atom. The molecule has 0 spiro atoms. The monoisotopic (exact) mass is 431 g/mol. The van der Waals surface area contributed by atoms with Crippen molar-refractivity contribution >= 4 is 23.0 Å². The maximum atomic E-state index is 9.64. The van der Waals surface area contributed by atoms with E-state index in [1.165, 1.54) is 0 Å². The highest BCUT2D eigenvalue weighted by Gasteiger charge is 2.17. The summed E-state index contributed by atoms with van der Waals surface area (Å²) in [6, 6.07) is 11.8. The number of hydrogen-bond acceptors (Lipinski definition) is 5. The zero-order valence-electron chi connectivity index (χ0n) is 17.7. The molecule has 2 aromatic heterocycles. The molecule has 0 fully saturated rings. The number of aliphatic hydroxyl groups is 1. The van der Waals surface area contributed by atoms with Gasteiger partial charge < -0.3 is 9.84 Å². The maximum absolute atomic E-state index is 9.64. The van der Waals surface area contributed by atoms with Gasteiger partial charge in [0.25, 0.3) is 0 Å². The molecule has 6 heteroatoms. The quantitative estimate of drug-likeness (QED) is 0.517. The molecular formula is C25H25N3O2S. The molecule has 158 valence electrons. The van der Waals surface area contributed by atoms with Crippen molar-refractivity contribution in [3.63, 3.8) is 0 Å². The molecule has 2 heterocycles. The van der Waals surface area contributed by atoms with Crippen molar-refractivity contribution in [2.45, 2.75) is 43.1 Å². The normalized spacial score (nSPS) is 17.7. The molecule has 0 radical (unpaired) electrons. The van der Waals surface area contributed by atoms with Crippen LogP contribution in [0, 0.1) is 0 Å². The van der Waals surface area contributed by atoms with Gasteiger partial charge in [0.1, 0.15) is 11.3 Å². The highest BCUT2D eigenvalue weighted by atomic mass is 32.2. The van der Waals surface area contributed by atoms with Crippen LogP contribution in [0.5, 0.6) is 0 Å². The lowest BCUT2D eigenvalue weighted by molar-refractivity contribution is 0.244. The Labute approximate surface area is 186 Å². The first-order chi connectivity index (χ1) is 15.2. The number of ether oxygens (including phenoxy) is 1. The molecule has 0 aliphatic heterocycles. The highest BCUT2D eigenvalue weighted by Crippen LogP contribution is 2.32. The van der Waals surface area contributed by atoms with Crippen molar-refractivity contribution in [3.8, 4) is 0 Å². The van der Waals surface area contributed by atoms with Crippen LogP contribution in [0.3, 0.4) is 0 Å². The third-order valence-electron chi connectivity index (χ3n) is 4.92. The Morgan fingerprint density at radius 3 is 2.81 bits per heavy atom. The summed E-state index contributed by atoms with van der Waals surface area (Å²) in [5, 5.41) is 18.5. The van der Waals surface area contributed by atoms with E-state index in [9.17, 15) is 5.11 Å². The largest absolute Gasteiger partial charge is 0.493 e. The SMILES string of the molecule is CCO/C1=C/CC/C=C(/C)C=C=C1c1nnc2ccc(Sc3ccccc3CO)cn12. The molecule has 1 aliphatic rings. The van der Waals surface area contributed by atoms with Crippen LogP contribution in [0.25, 0.3) is 11.2 Å². The number of aromatic nitrogens is 3. The molecule has 0 saturated heterocycles. The number of pyridine rings is 1. The van der Waals surface area contributed by atoms with E-state index < -0.39 is 0 Å². The molecule has 1 aromatic carbocycles. The Morgan fingerprint density at radius 2 is 1.97 bits per heavy atom. The second kappa shape index (κ2) is 9.84. The maximum Gasteiger partial charge on any atom is 0.180 e. The van der Waals surface area contributed by atoms with Gasteiger partial charge in [0.05, 0.1) is 13.2 Å². The van der Waals surface area contributed by atoms with Crippen LogP contribution in [-0.2, 0) is 11.3 Å². The average molecular weight is 432 g/mol. The third-order valence-corrected chi connectivity index (χ3v) is 6.02. The zero-order chi connectivity index (χ0) is 21.6. The minimum Gasteiger partial charge on any atom is -0.493 e. The van der Waals surface area contributed by atoms with Crippen molar-refractivity contribution < 1.29 is 9.84 Å². The van der Waals surface area contributed by atoms with Crippen molar-refractivity contribution in [2.75, 3.05) is 6.61 Å². The number of aliphatic hydroxyl groups excluding tert-OH is 1. The summed E-state index contributed by atoms with van der Waals surface area (Å²) in [6.07, 6.45) is 10.2. The minimum atomic E-state index is 0.0103. The number of hydrogen-bond donors (Lipinski definition) is 1. The number of fused-ring (bicyclic) bond motifs is 1. The lowest BCUT2D eigenvalue weighted by Gasteiger charge is -2.11. The summed E-state index contributed by atoms with van der Waals surface area (Å²) in [7, 11) is 0. The molecule has 0 bridgehead atoms. The number of benzene rings is 1. The summed E-state index contributed by atoms with van der Waals surface area (Å²) < 4.78 is 7.93. The summed E-state index contributed by atoms with van der Waals surface area (Å²) in [4.78, 5) is 2.05. The van der Waals surface area contributed by atoms with E-state index in [1.807, 2.05) is 60.0 Å². The van der Waals surface area contributed by atoms with Crippen molar-refractivity contribution in [3.05, 3.63) is 89.3 Å². The minimum absolute atomic E-state index is 0.0103. The van der Waals surface area contributed by atoms with Crippen LogP contribution in [0.1, 0.15) is 38.1 Å². The van der Waals surface area contributed by atoms with Crippen LogP contribution in [0.2, 0.25) is 0 Å². The molecule has 0 amide bonds. The smallest absolute Gasteiger partial charge is 0.180 e. The fraction of sp³-hybridized carbons (Fsp3) is 0.240. The molecule has 1 N–H and O–H groups in total. The second-order valence-corrected chi connectivity index (χ2v) is 8.29. The van der Waals surface area contributed by atoms with Crippen LogP contribution < -0.4 is 0 Å². The van der Waals surface area contributed by atoms with Crippen LogP contribution in [0.15, 0.2) is 87.7 Å². The van der Waals surface area contributed by atoms with E-state index in [2.05, 4.69) is 35.0 Å². The molecule has 3 aromatic rings. The zero-order valence-corrected chi connectivity index (χ0v) is 18.5. The predicted molar refractivity (Wildman–Crippen MR) is 124 cm³/mol. The fourth-order valence-electron chi connectivity index (χ4n) is 3.37. The van der Waals surface area contributed by atoms with E-state index in [0.717, 1.165) is 50.7 Å². The molecule has 4 rings (SSSR count). The number of rotatable bonds is 6. The Balaban J connectivity index is 1.79. The van der Waals surface area contributed by atoms with Gasteiger partial charge in [0.2, 0.25) is 0 Å². The van der Waals surface area contributed by atoms with Crippen molar-refractivity contribution in [1.82, 2.24) is 14.6 Å². The van der Waals surface area contributed by atoms with E-state index in [-0.39, 0.29) is 6.61 Å². The molecule has 0 saturated carbocycles. The standard InChI is InChI=1S/C25H25N3O2S/c1-3-30-22-10-6-4-8-18(2)12-14-21(22)25-27-26-24-15-13-20(16-28(24)25)31-23-11-7-5-9-19(23)17-29/h5,7-13,15-16,29H,3-4,6,17H2,1-2H3/b18-8-,22-10+. The summed E-state index contributed by atoms with van der Waals surface area (Å²) in [5.74, 6) is 1.47. The first-order valence-corrected chi connectivity index (χ1v) is 11.2. The topological polar surface area (TPSA) is 59.7 Å². The lowest BCUT2D eigenvalue weighted by Crippen LogP contribution is -2.01. The van der Waals surface area contributed by atoms with Gasteiger partial charge in [0, 0.05) is 16.0 Å². The van der Waals surface area contributed by atoms with Gasteiger partial charge in [0.15, 0.2) is 11.5 Å². The Hall–Kier alpha value is -3.05. The average Bonchev–Trinajstić information content (AvgIpc) is 3.22. The summed E-state index contributed by atoms with van der Waals surface area (Å²) >= 11 is 1.61. The van der Waals surface area contributed by atoms with Crippen molar-refractivity contribution in [2.24, 2.45) is 0 Å². The Bertz CT molecular complexity index is 1220. The van der Waals surface area contributed by atoms with E-state index in [4.69, 9.17) is 4.74 Å². The lowest BCUT2D eigenvalue weighted by atomic mass is 10.1. The van der Waals surface area contributed by atoms with Gasteiger partial charge in [-0.2, -0.15) is 0 Å². The molecule has 1 aliphatic carbocycles. The first-order valence-electron chi connectivity index (χ1n) is 10.4. The molecular weight excluding hydrogens is 406 g/mol. The fourth-order valence-corrected chi connectivity index (χ4v) is 4.33. The van der Waals surface area contributed by atoms with Crippen LogP contribution in [0.4, 0.5) is 0 Å². The predicted octanol–water partition coefficient (Wildman–Crippen LogP) is 5.57.